The van der Waals surface area contributed by atoms with Crippen LogP contribution < -0.4 is 5.73 Å². The van der Waals surface area contributed by atoms with Crippen molar-refractivity contribution in [2.24, 2.45) is 23.5 Å². The van der Waals surface area contributed by atoms with Crippen LogP contribution in [-0.2, 0) is 9.53 Å². The molecule has 2 aliphatic heterocycles. The number of nitrogens with two attached hydrogens (primary N) is 1. The minimum Gasteiger partial charge on any atom is -0.381 e. The molecule has 2 saturated heterocycles. The fourth-order valence-corrected chi connectivity index (χ4v) is 2.80. The van der Waals surface area contributed by atoms with Crippen LogP contribution in [0.3, 0.4) is 0 Å². The van der Waals surface area contributed by atoms with Gasteiger partial charge in [0, 0.05) is 26.3 Å². The number of carbonyl (C=O) groups excluding carboxylic acids is 1. The first kappa shape index (κ1) is 15.7. The second-order valence-corrected chi connectivity index (χ2v) is 5.67. The van der Waals surface area contributed by atoms with Crippen molar-refractivity contribution in [2.75, 3.05) is 26.3 Å². The molecule has 1 amide bonds. The van der Waals surface area contributed by atoms with Crippen LogP contribution in [0.1, 0.15) is 26.7 Å². The normalized spacial score (nSPS) is 30.9. The summed E-state index contributed by atoms with van der Waals surface area (Å²) in [6.45, 7) is 7.65. The third-order valence-electron chi connectivity index (χ3n) is 4.36. The highest BCUT2D eigenvalue weighted by Gasteiger charge is 2.35. The van der Waals surface area contributed by atoms with Gasteiger partial charge in [-0.2, -0.15) is 0 Å². The van der Waals surface area contributed by atoms with Gasteiger partial charge in [-0.25, -0.2) is 0 Å². The summed E-state index contributed by atoms with van der Waals surface area (Å²) in [6, 6.07) is -0.323. The first-order valence-electron chi connectivity index (χ1n) is 6.71. The Balaban J connectivity index is 0.00000162. The van der Waals surface area contributed by atoms with E-state index >= 15 is 0 Å². The van der Waals surface area contributed by atoms with E-state index in [1.165, 1.54) is 0 Å². The summed E-state index contributed by atoms with van der Waals surface area (Å²) < 4.78 is 5.31. The van der Waals surface area contributed by atoms with E-state index in [0.717, 1.165) is 39.1 Å². The van der Waals surface area contributed by atoms with E-state index in [2.05, 4.69) is 13.8 Å². The second-order valence-electron chi connectivity index (χ2n) is 5.67. The first-order chi connectivity index (χ1) is 8.09. The molecule has 0 bridgehead atoms. The zero-order chi connectivity index (χ0) is 12.4. The summed E-state index contributed by atoms with van der Waals surface area (Å²) in [5.74, 6) is 1.65. The van der Waals surface area contributed by atoms with Crippen molar-refractivity contribution >= 4 is 18.3 Å². The number of hydrogen-bond acceptors (Lipinski definition) is 3. The number of nitrogens with zero attached hydrogens (tertiary/aromatic N) is 1. The van der Waals surface area contributed by atoms with Gasteiger partial charge in [-0.05, 0) is 30.6 Å². The molecule has 106 valence electrons. The van der Waals surface area contributed by atoms with Gasteiger partial charge in [0.15, 0.2) is 0 Å². The summed E-state index contributed by atoms with van der Waals surface area (Å²) >= 11 is 0. The number of ether oxygens (including phenoxy) is 1. The van der Waals surface area contributed by atoms with Crippen LogP contribution in [0.5, 0.6) is 0 Å². The molecule has 0 aromatic heterocycles. The lowest BCUT2D eigenvalue weighted by atomic mass is 9.91. The molecule has 3 unspecified atom stereocenters. The maximum absolute atomic E-state index is 12.3. The van der Waals surface area contributed by atoms with Crippen molar-refractivity contribution in [3.8, 4) is 0 Å². The van der Waals surface area contributed by atoms with Gasteiger partial charge < -0.3 is 15.4 Å². The third-order valence-corrected chi connectivity index (χ3v) is 4.36. The van der Waals surface area contributed by atoms with Crippen molar-refractivity contribution in [2.45, 2.75) is 32.7 Å². The lowest BCUT2D eigenvalue weighted by Gasteiger charge is -2.29. The van der Waals surface area contributed by atoms with Crippen molar-refractivity contribution in [1.82, 2.24) is 4.90 Å². The van der Waals surface area contributed by atoms with Crippen LogP contribution in [0, 0.1) is 17.8 Å². The maximum Gasteiger partial charge on any atom is 0.239 e. The summed E-state index contributed by atoms with van der Waals surface area (Å²) in [6.07, 6.45) is 1.84. The largest absolute Gasteiger partial charge is 0.381 e. The standard InChI is InChI=1S/C13H24N2O2.ClH/c1-9-7-15(8-10(9)2)13(16)12(14)11-3-5-17-6-4-11;/h9-12H,3-8,14H2,1-2H3;1H. The van der Waals surface area contributed by atoms with E-state index in [1.807, 2.05) is 4.90 Å². The van der Waals surface area contributed by atoms with Crippen LogP contribution in [0.15, 0.2) is 0 Å². The molecule has 2 aliphatic rings. The molecule has 0 aromatic rings. The molecule has 4 nitrogen and oxygen atoms in total. The van der Waals surface area contributed by atoms with Gasteiger partial charge in [0.05, 0.1) is 6.04 Å². The number of likely N-dealkylation sites (tertiary alicyclic amines) is 1. The lowest BCUT2D eigenvalue weighted by molar-refractivity contribution is -0.133. The SMILES string of the molecule is CC1CN(C(=O)C(N)C2CCOCC2)CC1C.Cl. The Bertz CT molecular complexity index is 272. The van der Waals surface area contributed by atoms with Gasteiger partial charge in [0.1, 0.15) is 0 Å². The average Bonchev–Trinajstić information content (AvgIpc) is 2.69. The van der Waals surface area contributed by atoms with E-state index in [1.54, 1.807) is 0 Å². The Morgan fingerprint density at radius 3 is 2.22 bits per heavy atom. The summed E-state index contributed by atoms with van der Waals surface area (Å²) in [4.78, 5) is 14.2. The number of halogens is 1. The molecule has 0 aliphatic carbocycles. The molecular weight excluding hydrogens is 252 g/mol. The molecule has 0 aromatic carbocycles. The van der Waals surface area contributed by atoms with E-state index in [-0.39, 0.29) is 24.4 Å². The highest BCUT2D eigenvalue weighted by molar-refractivity contribution is 5.85. The monoisotopic (exact) mass is 276 g/mol. The van der Waals surface area contributed by atoms with Gasteiger partial charge >= 0.3 is 0 Å². The van der Waals surface area contributed by atoms with Gasteiger partial charge in [-0.1, -0.05) is 13.8 Å². The first-order valence-corrected chi connectivity index (χ1v) is 6.71. The number of hydrogen-bond donors (Lipinski definition) is 1. The number of carbonyl (C=O) groups is 1. The molecule has 2 N–H and O–H groups in total. The molecule has 0 radical (unpaired) electrons. The molecule has 0 spiro atoms. The third kappa shape index (κ3) is 3.37. The fourth-order valence-electron chi connectivity index (χ4n) is 2.80. The zero-order valence-corrected chi connectivity index (χ0v) is 12.1. The van der Waals surface area contributed by atoms with E-state index in [9.17, 15) is 4.79 Å². The van der Waals surface area contributed by atoms with Crippen molar-refractivity contribution in [3.63, 3.8) is 0 Å². The summed E-state index contributed by atoms with van der Waals surface area (Å²) in [5.41, 5.74) is 6.12. The smallest absolute Gasteiger partial charge is 0.239 e. The predicted octanol–water partition coefficient (Wildman–Crippen LogP) is 1.28. The molecule has 3 atom stereocenters. The van der Waals surface area contributed by atoms with Crippen molar-refractivity contribution in [1.29, 1.82) is 0 Å². The Kier molecular flexibility index (Phi) is 5.89. The molecule has 2 heterocycles. The maximum atomic E-state index is 12.3. The Labute approximate surface area is 116 Å². The van der Waals surface area contributed by atoms with Gasteiger partial charge in [-0.15, -0.1) is 12.4 Å². The molecule has 18 heavy (non-hydrogen) atoms. The van der Waals surface area contributed by atoms with E-state index < -0.39 is 0 Å². The summed E-state index contributed by atoms with van der Waals surface area (Å²) in [7, 11) is 0. The Morgan fingerprint density at radius 2 is 1.72 bits per heavy atom. The molecule has 0 saturated carbocycles. The summed E-state index contributed by atoms with van der Waals surface area (Å²) in [5, 5.41) is 0. The van der Waals surface area contributed by atoms with Crippen LogP contribution in [-0.4, -0.2) is 43.2 Å². The second kappa shape index (κ2) is 6.73. The Hall–Kier alpha value is -0.320. The predicted molar refractivity (Wildman–Crippen MR) is 73.7 cm³/mol. The van der Waals surface area contributed by atoms with Gasteiger partial charge in [0.25, 0.3) is 0 Å². The van der Waals surface area contributed by atoms with Crippen LogP contribution in [0.25, 0.3) is 0 Å². The van der Waals surface area contributed by atoms with Crippen molar-refractivity contribution in [3.05, 3.63) is 0 Å². The van der Waals surface area contributed by atoms with Gasteiger partial charge in [-0.3, -0.25) is 4.79 Å². The van der Waals surface area contributed by atoms with Crippen LogP contribution >= 0.6 is 12.4 Å². The highest BCUT2D eigenvalue weighted by Crippen LogP contribution is 2.25. The minimum atomic E-state index is -0.323. The minimum absolute atomic E-state index is 0. The lowest BCUT2D eigenvalue weighted by Crippen LogP contribution is -2.48. The quantitative estimate of drug-likeness (QED) is 0.827. The van der Waals surface area contributed by atoms with Crippen molar-refractivity contribution < 1.29 is 9.53 Å². The topological polar surface area (TPSA) is 55.6 Å². The highest BCUT2D eigenvalue weighted by atomic mass is 35.5. The van der Waals surface area contributed by atoms with E-state index in [0.29, 0.717) is 17.8 Å². The van der Waals surface area contributed by atoms with Gasteiger partial charge in [0.2, 0.25) is 5.91 Å². The van der Waals surface area contributed by atoms with Crippen LogP contribution in [0.2, 0.25) is 0 Å². The van der Waals surface area contributed by atoms with Crippen LogP contribution in [0.4, 0.5) is 0 Å². The molecule has 5 heteroatoms. The fraction of sp³-hybridized carbons (Fsp3) is 0.923. The Morgan fingerprint density at radius 1 is 1.22 bits per heavy atom. The molecule has 2 rings (SSSR count). The molecular formula is C13H25ClN2O2. The molecule has 2 fully saturated rings. The number of rotatable bonds is 2. The number of amides is 1. The van der Waals surface area contributed by atoms with E-state index in [4.69, 9.17) is 10.5 Å². The average molecular weight is 277 g/mol. The zero-order valence-electron chi connectivity index (χ0n) is 11.3.